The number of rotatable bonds is 5. The van der Waals surface area contributed by atoms with Crippen LogP contribution < -0.4 is 5.32 Å². The molecule has 0 saturated carbocycles. The van der Waals surface area contributed by atoms with Crippen molar-refractivity contribution in [3.8, 4) is 11.4 Å². The molecule has 26 heavy (non-hydrogen) atoms. The summed E-state index contributed by atoms with van der Waals surface area (Å²) in [6.45, 7) is 1.76. The first-order chi connectivity index (χ1) is 12.5. The number of hydrogen-bond donors (Lipinski definition) is 1. The molecule has 2 aromatic heterocycles. The molecule has 6 nitrogen and oxygen atoms in total. The van der Waals surface area contributed by atoms with Crippen LogP contribution in [-0.4, -0.2) is 30.9 Å². The van der Waals surface area contributed by atoms with Gasteiger partial charge < -0.3 is 9.88 Å². The highest BCUT2D eigenvalue weighted by molar-refractivity contribution is 8.00. The third-order valence-corrected chi connectivity index (χ3v) is 5.04. The fourth-order valence-corrected chi connectivity index (χ4v) is 3.17. The van der Waals surface area contributed by atoms with Crippen LogP contribution in [0.25, 0.3) is 11.4 Å². The van der Waals surface area contributed by atoms with Crippen LogP contribution in [0.2, 0.25) is 5.15 Å². The molecule has 0 saturated heterocycles. The zero-order chi connectivity index (χ0) is 18.7. The van der Waals surface area contributed by atoms with E-state index in [0.29, 0.717) is 16.7 Å². The van der Waals surface area contributed by atoms with E-state index < -0.39 is 5.25 Å². The molecule has 1 amide bonds. The molecule has 3 rings (SSSR count). The number of halogens is 2. The summed E-state index contributed by atoms with van der Waals surface area (Å²) in [7, 11) is 1.80. The lowest BCUT2D eigenvalue weighted by atomic mass is 10.2. The lowest BCUT2D eigenvalue weighted by Gasteiger charge is -2.12. The van der Waals surface area contributed by atoms with E-state index in [9.17, 15) is 9.18 Å². The molecule has 0 aliphatic heterocycles. The third kappa shape index (κ3) is 4.03. The molecule has 2 heterocycles. The van der Waals surface area contributed by atoms with Crippen molar-refractivity contribution in [2.24, 2.45) is 7.05 Å². The predicted octanol–water partition coefficient (Wildman–Crippen LogP) is 3.79. The summed E-state index contributed by atoms with van der Waals surface area (Å²) in [5, 5.41) is 11.4. The molecule has 0 radical (unpaired) electrons. The Kier molecular flexibility index (Phi) is 5.53. The predicted molar refractivity (Wildman–Crippen MR) is 99.6 cm³/mol. The van der Waals surface area contributed by atoms with Gasteiger partial charge in [0.1, 0.15) is 5.82 Å². The number of benzene rings is 1. The zero-order valence-electron chi connectivity index (χ0n) is 14.0. The van der Waals surface area contributed by atoms with E-state index in [4.69, 9.17) is 11.6 Å². The summed E-state index contributed by atoms with van der Waals surface area (Å²) < 4.78 is 14.8. The summed E-state index contributed by atoms with van der Waals surface area (Å²) in [5.74, 6) is 0.0523. The fourth-order valence-electron chi connectivity index (χ4n) is 2.19. The Labute approximate surface area is 158 Å². The van der Waals surface area contributed by atoms with Crippen LogP contribution >= 0.6 is 23.4 Å². The van der Waals surface area contributed by atoms with Gasteiger partial charge in [-0.1, -0.05) is 23.4 Å². The van der Waals surface area contributed by atoms with Crippen molar-refractivity contribution < 1.29 is 9.18 Å². The third-order valence-electron chi connectivity index (χ3n) is 3.61. The van der Waals surface area contributed by atoms with Crippen LogP contribution in [0.1, 0.15) is 6.92 Å². The van der Waals surface area contributed by atoms with E-state index >= 15 is 0 Å². The molecule has 134 valence electrons. The Bertz CT molecular complexity index is 931. The summed E-state index contributed by atoms with van der Waals surface area (Å²) in [5.41, 5.74) is 1.20. The second-order valence-corrected chi connectivity index (χ2v) is 7.13. The van der Waals surface area contributed by atoms with Gasteiger partial charge in [0.15, 0.2) is 16.1 Å². The van der Waals surface area contributed by atoms with E-state index in [1.54, 1.807) is 49.0 Å². The Morgan fingerprint density at radius 2 is 2.00 bits per heavy atom. The van der Waals surface area contributed by atoms with Crippen molar-refractivity contribution in [1.29, 1.82) is 0 Å². The number of aromatic nitrogens is 4. The van der Waals surface area contributed by atoms with Crippen molar-refractivity contribution in [2.75, 3.05) is 5.32 Å². The standard InChI is InChI=1S/C17H15ClFN5OS/c1-10(16(25)21-13-4-3-9-20-14(13)18)26-17-23-22-15(24(17)2)11-5-7-12(19)8-6-11/h3-10H,1-2H3,(H,21,25)/t10-/m0/s1. The van der Waals surface area contributed by atoms with Crippen LogP contribution in [0.3, 0.4) is 0 Å². The SMILES string of the molecule is C[C@H](Sc1nnc(-c2ccc(F)cc2)n1C)C(=O)Nc1cccnc1Cl. The van der Waals surface area contributed by atoms with Crippen LogP contribution in [-0.2, 0) is 11.8 Å². The first kappa shape index (κ1) is 18.3. The maximum Gasteiger partial charge on any atom is 0.237 e. The highest BCUT2D eigenvalue weighted by atomic mass is 35.5. The van der Waals surface area contributed by atoms with Crippen molar-refractivity contribution in [1.82, 2.24) is 19.7 Å². The maximum absolute atomic E-state index is 13.1. The number of amides is 1. The number of anilines is 1. The van der Waals surface area contributed by atoms with E-state index in [1.807, 2.05) is 0 Å². The van der Waals surface area contributed by atoms with Gasteiger partial charge in [-0.05, 0) is 43.3 Å². The minimum atomic E-state index is -0.435. The molecule has 0 fully saturated rings. The van der Waals surface area contributed by atoms with Gasteiger partial charge in [0, 0.05) is 18.8 Å². The van der Waals surface area contributed by atoms with Gasteiger partial charge in [0.2, 0.25) is 5.91 Å². The molecule has 3 aromatic rings. The number of carbonyl (C=O) groups is 1. The number of pyridine rings is 1. The topological polar surface area (TPSA) is 72.7 Å². The molecule has 1 atom stereocenters. The molecule has 9 heteroatoms. The minimum absolute atomic E-state index is 0.226. The summed E-state index contributed by atoms with van der Waals surface area (Å²) in [6.07, 6.45) is 1.55. The van der Waals surface area contributed by atoms with Crippen LogP contribution in [0.4, 0.5) is 10.1 Å². The van der Waals surface area contributed by atoms with Crippen molar-refractivity contribution in [3.63, 3.8) is 0 Å². The Balaban J connectivity index is 1.71. The Morgan fingerprint density at radius 3 is 2.69 bits per heavy atom. The normalized spacial score (nSPS) is 12.0. The average molecular weight is 392 g/mol. The number of hydrogen-bond acceptors (Lipinski definition) is 5. The summed E-state index contributed by atoms with van der Waals surface area (Å²) >= 11 is 7.22. The van der Waals surface area contributed by atoms with E-state index in [2.05, 4.69) is 20.5 Å². The van der Waals surface area contributed by atoms with Gasteiger partial charge in [0.05, 0.1) is 10.9 Å². The van der Waals surface area contributed by atoms with Crippen LogP contribution in [0.15, 0.2) is 47.8 Å². The van der Waals surface area contributed by atoms with Crippen molar-refractivity contribution in [2.45, 2.75) is 17.3 Å². The van der Waals surface area contributed by atoms with Gasteiger partial charge in [-0.25, -0.2) is 9.37 Å². The molecule has 0 aliphatic rings. The van der Waals surface area contributed by atoms with Crippen molar-refractivity contribution in [3.05, 3.63) is 53.6 Å². The molecular formula is C17H15ClFN5OS. The highest BCUT2D eigenvalue weighted by Gasteiger charge is 2.20. The molecule has 0 unspecified atom stereocenters. The number of thioether (sulfide) groups is 1. The molecule has 0 spiro atoms. The van der Waals surface area contributed by atoms with Gasteiger partial charge in [-0.3, -0.25) is 4.79 Å². The van der Waals surface area contributed by atoms with Crippen LogP contribution in [0.5, 0.6) is 0 Å². The van der Waals surface area contributed by atoms with E-state index in [1.165, 1.54) is 23.9 Å². The minimum Gasteiger partial charge on any atom is -0.322 e. The smallest absolute Gasteiger partial charge is 0.237 e. The highest BCUT2D eigenvalue weighted by Crippen LogP contribution is 2.27. The fraction of sp³-hybridized carbons (Fsp3) is 0.176. The van der Waals surface area contributed by atoms with Crippen LogP contribution in [0, 0.1) is 5.82 Å². The molecule has 1 N–H and O–H groups in total. The second kappa shape index (κ2) is 7.84. The molecule has 0 bridgehead atoms. The monoisotopic (exact) mass is 391 g/mol. The summed E-state index contributed by atoms with van der Waals surface area (Å²) in [4.78, 5) is 16.3. The Morgan fingerprint density at radius 1 is 1.27 bits per heavy atom. The van der Waals surface area contributed by atoms with Crippen molar-refractivity contribution >= 4 is 35.0 Å². The molecule has 0 aliphatic carbocycles. The number of nitrogens with zero attached hydrogens (tertiary/aromatic N) is 4. The second-order valence-electron chi connectivity index (χ2n) is 5.46. The van der Waals surface area contributed by atoms with Gasteiger partial charge in [-0.2, -0.15) is 0 Å². The quantitative estimate of drug-likeness (QED) is 0.529. The van der Waals surface area contributed by atoms with Gasteiger partial charge in [-0.15, -0.1) is 10.2 Å². The lowest BCUT2D eigenvalue weighted by Crippen LogP contribution is -2.23. The summed E-state index contributed by atoms with van der Waals surface area (Å²) in [6, 6.07) is 9.37. The Hall–Kier alpha value is -2.45. The zero-order valence-corrected chi connectivity index (χ0v) is 15.6. The number of nitrogens with one attached hydrogen (secondary N) is 1. The lowest BCUT2D eigenvalue weighted by molar-refractivity contribution is -0.115. The number of carbonyl (C=O) groups excluding carboxylic acids is 1. The molecular weight excluding hydrogens is 377 g/mol. The largest absolute Gasteiger partial charge is 0.322 e. The molecule has 1 aromatic carbocycles. The van der Waals surface area contributed by atoms with E-state index in [0.717, 1.165) is 5.56 Å². The van der Waals surface area contributed by atoms with Gasteiger partial charge in [0.25, 0.3) is 0 Å². The average Bonchev–Trinajstić information content (AvgIpc) is 2.98. The maximum atomic E-state index is 13.1. The van der Waals surface area contributed by atoms with E-state index in [-0.39, 0.29) is 16.9 Å². The van der Waals surface area contributed by atoms with Gasteiger partial charge >= 0.3 is 0 Å². The first-order valence-corrected chi connectivity index (χ1v) is 8.95. The first-order valence-electron chi connectivity index (χ1n) is 7.69.